The molecule has 0 aliphatic carbocycles. The Balaban J connectivity index is 2.19. The lowest BCUT2D eigenvalue weighted by Crippen LogP contribution is -2.10. The smallest absolute Gasteiger partial charge is 0.180 e. The molecule has 3 nitrogen and oxygen atoms in total. The van der Waals surface area contributed by atoms with E-state index in [0.717, 1.165) is 5.56 Å². The molecule has 0 atom stereocenters. The molecule has 100 valence electrons. The molecule has 0 spiro atoms. The molecule has 0 aromatic heterocycles. The lowest BCUT2D eigenvalue weighted by Gasteiger charge is -2.07. The summed E-state index contributed by atoms with van der Waals surface area (Å²) in [5, 5.41) is 0.174. The van der Waals surface area contributed by atoms with Gasteiger partial charge in [-0.15, -0.1) is 0 Å². The van der Waals surface area contributed by atoms with Crippen LogP contribution in [0.3, 0.4) is 0 Å². The highest BCUT2D eigenvalue weighted by Gasteiger charge is 2.18. The summed E-state index contributed by atoms with van der Waals surface area (Å²) in [5.41, 5.74) is 6.99. The molecule has 2 aromatic carbocycles. The van der Waals surface area contributed by atoms with E-state index >= 15 is 0 Å². The summed E-state index contributed by atoms with van der Waals surface area (Å²) in [5.74, 6) is 0.0284. The number of benzene rings is 2. The molecule has 0 aliphatic heterocycles. The zero-order chi connectivity index (χ0) is 13.9. The number of aryl methyl sites for hydroxylation is 1. The Kier molecular flexibility index (Phi) is 4.12. The van der Waals surface area contributed by atoms with E-state index < -0.39 is 9.84 Å². The third kappa shape index (κ3) is 3.49. The molecule has 0 bridgehead atoms. The molecule has 19 heavy (non-hydrogen) atoms. The molecular formula is C14H14ClNO2S. The molecule has 0 unspecified atom stereocenters. The molecule has 0 radical (unpaired) electrons. The maximum atomic E-state index is 12.2. The predicted octanol–water partition coefficient (Wildman–Crippen LogP) is 2.94. The van der Waals surface area contributed by atoms with E-state index in [9.17, 15) is 8.42 Å². The molecule has 5 heteroatoms. The van der Waals surface area contributed by atoms with Gasteiger partial charge >= 0.3 is 0 Å². The Hall–Kier alpha value is -1.52. The summed E-state index contributed by atoms with van der Waals surface area (Å²) in [6.07, 6.45) is 0.462. The molecule has 0 fully saturated rings. The second-order valence-corrected chi connectivity index (χ2v) is 6.73. The van der Waals surface area contributed by atoms with Gasteiger partial charge in [0.05, 0.1) is 15.7 Å². The van der Waals surface area contributed by atoms with Gasteiger partial charge in [-0.05, 0) is 30.2 Å². The highest BCUT2D eigenvalue weighted by molar-refractivity contribution is 7.91. The first-order valence-electron chi connectivity index (χ1n) is 5.81. The average molecular weight is 296 g/mol. The first kappa shape index (κ1) is 13.9. The van der Waals surface area contributed by atoms with Gasteiger partial charge in [-0.2, -0.15) is 0 Å². The standard InChI is InChI=1S/C14H14ClNO2S/c15-13-10-12(16)6-7-14(13)19(17,18)9-8-11-4-2-1-3-5-11/h1-7,10H,8-9,16H2. The van der Waals surface area contributed by atoms with Crippen LogP contribution in [0.15, 0.2) is 53.4 Å². The maximum Gasteiger partial charge on any atom is 0.180 e. The summed E-state index contributed by atoms with van der Waals surface area (Å²) in [7, 11) is -3.39. The summed E-state index contributed by atoms with van der Waals surface area (Å²) in [6, 6.07) is 13.9. The van der Waals surface area contributed by atoms with E-state index in [1.165, 1.54) is 12.1 Å². The Labute approximate surface area is 117 Å². The Morgan fingerprint density at radius 2 is 1.74 bits per heavy atom. The quantitative estimate of drug-likeness (QED) is 0.882. The summed E-state index contributed by atoms with van der Waals surface area (Å²) in [6.45, 7) is 0. The van der Waals surface area contributed by atoms with Crippen LogP contribution in [-0.2, 0) is 16.3 Å². The zero-order valence-electron chi connectivity index (χ0n) is 10.2. The SMILES string of the molecule is Nc1ccc(S(=O)(=O)CCc2ccccc2)c(Cl)c1. The lowest BCUT2D eigenvalue weighted by atomic mass is 10.2. The number of hydrogen-bond donors (Lipinski definition) is 1. The third-order valence-electron chi connectivity index (χ3n) is 2.79. The molecule has 0 aliphatic rings. The fraction of sp³-hybridized carbons (Fsp3) is 0.143. The lowest BCUT2D eigenvalue weighted by molar-refractivity contribution is 0.595. The second-order valence-electron chi connectivity index (χ2n) is 4.24. The number of halogens is 1. The Morgan fingerprint density at radius 3 is 2.37 bits per heavy atom. The number of sulfone groups is 1. The van der Waals surface area contributed by atoms with E-state index in [1.54, 1.807) is 6.07 Å². The average Bonchev–Trinajstić information content (AvgIpc) is 2.37. The van der Waals surface area contributed by atoms with Crippen LogP contribution in [-0.4, -0.2) is 14.2 Å². The van der Waals surface area contributed by atoms with Crippen LogP contribution >= 0.6 is 11.6 Å². The van der Waals surface area contributed by atoms with Crippen molar-refractivity contribution in [2.75, 3.05) is 11.5 Å². The fourth-order valence-corrected chi connectivity index (χ4v) is 3.67. The fourth-order valence-electron chi connectivity index (χ4n) is 1.78. The van der Waals surface area contributed by atoms with Crippen molar-refractivity contribution in [3.8, 4) is 0 Å². The minimum absolute atomic E-state index is 0.0284. The van der Waals surface area contributed by atoms with E-state index in [-0.39, 0.29) is 15.7 Å². The molecule has 2 rings (SSSR count). The molecule has 0 heterocycles. The van der Waals surface area contributed by atoms with Crippen molar-refractivity contribution in [2.45, 2.75) is 11.3 Å². The van der Waals surface area contributed by atoms with Gasteiger partial charge in [0.15, 0.2) is 9.84 Å². The minimum Gasteiger partial charge on any atom is -0.399 e. The largest absolute Gasteiger partial charge is 0.399 e. The van der Waals surface area contributed by atoms with Gasteiger partial charge in [0, 0.05) is 5.69 Å². The third-order valence-corrected chi connectivity index (χ3v) is 4.99. The van der Waals surface area contributed by atoms with Crippen LogP contribution in [0.1, 0.15) is 5.56 Å². The van der Waals surface area contributed by atoms with Gasteiger partial charge in [-0.25, -0.2) is 8.42 Å². The summed E-state index contributed by atoms with van der Waals surface area (Å²) >= 11 is 5.94. The van der Waals surface area contributed by atoms with Crippen molar-refractivity contribution in [1.29, 1.82) is 0 Å². The maximum absolute atomic E-state index is 12.2. The molecule has 0 saturated heterocycles. The second kappa shape index (κ2) is 5.63. The number of hydrogen-bond acceptors (Lipinski definition) is 3. The minimum atomic E-state index is -3.39. The molecular weight excluding hydrogens is 282 g/mol. The van der Waals surface area contributed by atoms with Crippen molar-refractivity contribution in [3.63, 3.8) is 0 Å². The van der Waals surface area contributed by atoms with Crippen molar-refractivity contribution in [3.05, 3.63) is 59.1 Å². The van der Waals surface area contributed by atoms with Crippen molar-refractivity contribution in [1.82, 2.24) is 0 Å². The van der Waals surface area contributed by atoms with E-state index in [0.29, 0.717) is 12.1 Å². The Bertz CT molecular complexity index is 669. The molecule has 2 aromatic rings. The van der Waals surface area contributed by atoms with Crippen molar-refractivity contribution in [2.24, 2.45) is 0 Å². The van der Waals surface area contributed by atoms with Gasteiger partial charge in [-0.1, -0.05) is 41.9 Å². The summed E-state index contributed by atoms with van der Waals surface area (Å²) < 4.78 is 24.4. The molecule has 2 N–H and O–H groups in total. The van der Waals surface area contributed by atoms with E-state index in [4.69, 9.17) is 17.3 Å². The summed E-state index contributed by atoms with van der Waals surface area (Å²) in [4.78, 5) is 0.138. The first-order chi connectivity index (χ1) is 8.99. The topological polar surface area (TPSA) is 60.2 Å². The van der Waals surface area contributed by atoms with Crippen LogP contribution in [0.2, 0.25) is 5.02 Å². The van der Waals surface area contributed by atoms with Crippen LogP contribution in [0, 0.1) is 0 Å². The van der Waals surface area contributed by atoms with Crippen LogP contribution in [0.25, 0.3) is 0 Å². The van der Waals surface area contributed by atoms with Gasteiger partial charge < -0.3 is 5.73 Å². The molecule has 0 amide bonds. The predicted molar refractivity (Wildman–Crippen MR) is 78.1 cm³/mol. The number of nitrogen functional groups attached to an aromatic ring is 1. The van der Waals surface area contributed by atoms with Gasteiger partial charge in [0.25, 0.3) is 0 Å². The van der Waals surface area contributed by atoms with E-state index in [2.05, 4.69) is 0 Å². The van der Waals surface area contributed by atoms with Crippen molar-refractivity contribution >= 4 is 27.1 Å². The van der Waals surface area contributed by atoms with Gasteiger partial charge in [0.2, 0.25) is 0 Å². The highest BCUT2D eigenvalue weighted by atomic mass is 35.5. The number of nitrogens with two attached hydrogens (primary N) is 1. The van der Waals surface area contributed by atoms with Gasteiger partial charge in [0.1, 0.15) is 0 Å². The molecule has 0 saturated carbocycles. The number of anilines is 1. The van der Waals surface area contributed by atoms with E-state index in [1.807, 2.05) is 30.3 Å². The monoisotopic (exact) mass is 295 g/mol. The first-order valence-corrected chi connectivity index (χ1v) is 7.84. The Morgan fingerprint density at radius 1 is 1.05 bits per heavy atom. The van der Waals surface area contributed by atoms with Gasteiger partial charge in [-0.3, -0.25) is 0 Å². The van der Waals surface area contributed by atoms with Crippen molar-refractivity contribution < 1.29 is 8.42 Å². The normalized spacial score (nSPS) is 11.4. The van der Waals surface area contributed by atoms with Crippen LogP contribution in [0.4, 0.5) is 5.69 Å². The number of rotatable bonds is 4. The van der Waals surface area contributed by atoms with Crippen LogP contribution in [0.5, 0.6) is 0 Å². The highest BCUT2D eigenvalue weighted by Crippen LogP contribution is 2.25. The zero-order valence-corrected chi connectivity index (χ0v) is 11.8. The van der Waals surface area contributed by atoms with Crippen LogP contribution < -0.4 is 5.73 Å².